The summed E-state index contributed by atoms with van der Waals surface area (Å²) in [6, 6.07) is 5.16. The van der Waals surface area contributed by atoms with Crippen LogP contribution in [0.4, 0.5) is 10.5 Å². The summed E-state index contributed by atoms with van der Waals surface area (Å²) in [5.74, 6) is 0.556. The molecule has 0 bridgehead atoms. The molecule has 1 rings (SSSR count). The maximum atomic E-state index is 11.8. The van der Waals surface area contributed by atoms with Crippen molar-refractivity contribution < 1.29 is 19.7 Å². The molecular weight excluding hydrogens is 272 g/mol. The Labute approximate surface area is 125 Å². The van der Waals surface area contributed by atoms with Gasteiger partial charge in [0.2, 0.25) is 0 Å². The summed E-state index contributed by atoms with van der Waals surface area (Å²) in [5.41, 5.74) is 1.57. The van der Waals surface area contributed by atoms with Crippen LogP contribution in [0.2, 0.25) is 0 Å². The third-order valence-electron chi connectivity index (χ3n) is 3.02. The molecule has 0 saturated heterocycles. The maximum Gasteiger partial charge on any atom is 0.319 e. The highest BCUT2D eigenvalue weighted by Crippen LogP contribution is 2.31. The minimum atomic E-state index is -0.974. The monoisotopic (exact) mass is 296 g/mol. The molecule has 0 aromatic heterocycles. The first-order valence-electron chi connectivity index (χ1n) is 6.80. The maximum absolute atomic E-state index is 11.8. The van der Waals surface area contributed by atoms with E-state index in [0.717, 1.165) is 5.56 Å². The van der Waals surface area contributed by atoms with E-state index in [-0.39, 0.29) is 12.0 Å². The van der Waals surface area contributed by atoms with E-state index in [2.05, 4.69) is 31.4 Å². The first-order chi connectivity index (χ1) is 9.77. The van der Waals surface area contributed by atoms with Gasteiger partial charge in [-0.3, -0.25) is 0 Å². The second kappa shape index (κ2) is 7.28. The topological polar surface area (TPSA) is 90.8 Å². The van der Waals surface area contributed by atoms with Gasteiger partial charge in [0.05, 0.1) is 25.5 Å². The van der Waals surface area contributed by atoms with E-state index in [1.165, 1.54) is 7.11 Å². The number of carbonyl (C=O) groups is 1. The minimum absolute atomic E-state index is 0.0242. The summed E-state index contributed by atoms with van der Waals surface area (Å²) in [4.78, 5) is 11.8. The number of ether oxygens (including phenoxy) is 1. The number of amides is 2. The zero-order valence-corrected chi connectivity index (χ0v) is 12.9. The highest BCUT2D eigenvalue weighted by atomic mass is 16.5. The molecule has 0 aliphatic carbocycles. The molecule has 6 heteroatoms. The van der Waals surface area contributed by atoms with Gasteiger partial charge in [-0.1, -0.05) is 26.8 Å². The Morgan fingerprint density at radius 2 is 2.05 bits per heavy atom. The quantitative estimate of drug-likeness (QED) is 0.662. The van der Waals surface area contributed by atoms with Crippen LogP contribution in [0.3, 0.4) is 0 Å². The van der Waals surface area contributed by atoms with Crippen molar-refractivity contribution in [2.24, 2.45) is 0 Å². The third-order valence-corrected chi connectivity index (χ3v) is 3.02. The number of methoxy groups -OCH3 is 1. The lowest BCUT2D eigenvalue weighted by Gasteiger charge is -2.21. The van der Waals surface area contributed by atoms with E-state index < -0.39 is 18.7 Å². The SMILES string of the molecule is COc1ccc(C(C)(C)C)cc1NC(=O)NCC(O)CO. The van der Waals surface area contributed by atoms with Crippen molar-refractivity contribution in [3.05, 3.63) is 23.8 Å². The van der Waals surface area contributed by atoms with Gasteiger partial charge in [-0.2, -0.15) is 0 Å². The fourth-order valence-electron chi connectivity index (χ4n) is 1.71. The number of hydrogen-bond acceptors (Lipinski definition) is 4. The first-order valence-corrected chi connectivity index (χ1v) is 6.80. The normalized spacial score (nSPS) is 12.7. The Bertz CT molecular complexity index is 483. The number of carbonyl (C=O) groups excluding carboxylic acids is 1. The van der Waals surface area contributed by atoms with Gasteiger partial charge in [0.25, 0.3) is 0 Å². The summed E-state index contributed by atoms with van der Waals surface area (Å²) < 4.78 is 5.23. The van der Waals surface area contributed by atoms with Crippen LogP contribution < -0.4 is 15.4 Å². The Morgan fingerprint density at radius 1 is 1.38 bits per heavy atom. The largest absolute Gasteiger partial charge is 0.495 e. The van der Waals surface area contributed by atoms with Crippen molar-refractivity contribution in [3.8, 4) is 5.75 Å². The third kappa shape index (κ3) is 5.24. The zero-order chi connectivity index (χ0) is 16.0. The Balaban J connectivity index is 2.83. The number of nitrogens with one attached hydrogen (secondary N) is 2. The highest BCUT2D eigenvalue weighted by Gasteiger charge is 2.17. The number of aliphatic hydroxyl groups excluding tert-OH is 2. The predicted octanol–water partition coefficient (Wildman–Crippen LogP) is 1.47. The van der Waals surface area contributed by atoms with Crippen LogP contribution in [-0.2, 0) is 5.41 Å². The second-order valence-corrected chi connectivity index (χ2v) is 5.84. The Hall–Kier alpha value is -1.79. The fourth-order valence-corrected chi connectivity index (χ4v) is 1.71. The Kier molecular flexibility index (Phi) is 5.99. The van der Waals surface area contributed by atoms with Crippen LogP contribution in [0.5, 0.6) is 5.75 Å². The average molecular weight is 296 g/mol. The van der Waals surface area contributed by atoms with E-state index >= 15 is 0 Å². The summed E-state index contributed by atoms with van der Waals surface area (Å²) in [5, 5.41) is 23.1. The number of anilines is 1. The fraction of sp³-hybridized carbons (Fsp3) is 0.533. The molecule has 0 radical (unpaired) electrons. The second-order valence-electron chi connectivity index (χ2n) is 5.84. The number of aliphatic hydroxyl groups is 2. The van der Waals surface area contributed by atoms with Gasteiger partial charge < -0.3 is 25.6 Å². The highest BCUT2D eigenvalue weighted by molar-refractivity contribution is 5.91. The molecule has 0 spiro atoms. The van der Waals surface area contributed by atoms with Gasteiger partial charge >= 0.3 is 6.03 Å². The molecule has 2 amide bonds. The lowest BCUT2D eigenvalue weighted by molar-refractivity contribution is 0.0965. The standard InChI is InChI=1S/C15H24N2O4/c1-15(2,3)10-5-6-13(21-4)12(7-10)17-14(20)16-8-11(19)9-18/h5-7,11,18-19H,8-9H2,1-4H3,(H2,16,17,20). The van der Waals surface area contributed by atoms with E-state index in [4.69, 9.17) is 9.84 Å². The van der Waals surface area contributed by atoms with E-state index in [0.29, 0.717) is 11.4 Å². The molecular formula is C15H24N2O4. The van der Waals surface area contributed by atoms with Gasteiger partial charge in [0.1, 0.15) is 5.75 Å². The lowest BCUT2D eigenvalue weighted by atomic mass is 9.87. The summed E-state index contributed by atoms with van der Waals surface area (Å²) in [7, 11) is 1.53. The molecule has 0 aliphatic heterocycles. The molecule has 21 heavy (non-hydrogen) atoms. The van der Waals surface area contributed by atoms with Crippen LogP contribution in [0.15, 0.2) is 18.2 Å². The summed E-state index contributed by atoms with van der Waals surface area (Å²) in [6.07, 6.45) is -0.974. The molecule has 0 heterocycles. The van der Waals surface area contributed by atoms with E-state index in [1.807, 2.05) is 12.1 Å². The molecule has 1 atom stereocenters. The van der Waals surface area contributed by atoms with Gasteiger partial charge in [0.15, 0.2) is 0 Å². The first kappa shape index (κ1) is 17.3. The lowest BCUT2D eigenvalue weighted by Crippen LogP contribution is -2.36. The van der Waals surface area contributed by atoms with Gasteiger partial charge in [0, 0.05) is 6.54 Å². The van der Waals surface area contributed by atoms with Gasteiger partial charge in [-0.05, 0) is 23.1 Å². The smallest absolute Gasteiger partial charge is 0.319 e. The van der Waals surface area contributed by atoms with Crippen molar-refractivity contribution in [2.75, 3.05) is 25.6 Å². The molecule has 6 nitrogen and oxygen atoms in total. The van der Waals surface area contributed by atoms with Crippen LogP contribution in [0.25, 0.3) is 0 Å². The van der Waals surface area contributed by atoms with Crippen LogP contribution >= 0.6 is 0 Å². The van der Waals surface area contributed by atoms with Crippen LogP contribution in [-0.4, -0.2) is 42.6 Å². The van der Waals surface area contributed by atoms with Crippen LogP contribution in [0.1, 0.15) is 26.3 Å². The van der Waals surface area contributed by atoms with Gasteiger partial charge in [-0.15, -0.1) is 0 Å². The number of benzene rings is 1. The molecule has 1 aromatic carbocycles. The van der Waals surface area contributed by atoms with Gasteiger partial charge in [-0.25, -0.2) is 4.79 Å². The number of rotatable bonds is 5. The molecule has 4 N–H and O–H groups in total. The summed E-state index contributed by atoms with van der Waals surface area (Å²) >= 11 is 0. The predicted molar refractivity (Wildman–Crippen MR) is 81.8 cm³/mol. The van der Waals surface area contributed by atoms with E-state index in [1.54, 1.807) is 6.07 Å². The van der Waals surface area contributed by atoms with Crippen molar-refractivity contribution in [2.45, 2.75) is 32.3 Å². The van der Waals surface area contributed by atoms with Crippen LogP contribution in [0, 0.1) is 0 Å². The molecule has 118 valence electrons. The molecule has 0 fully saturated rings. The molecule has 0 aliphatic rings. The van der Waals surface area contributed by atoms with Crippen molar-refractivity contribution >= 4 is 11.7 Å². The van der Waals surface area contributed by atoms with Crippen molar-refractivity contribution in [1.29, 1.82) is 0 Å². The molecule has 1 aromatic rings. The average Bonchev–Trinajstić information content (AvgIpc) is 2.43. The zero-order valence-electron chi connectivity index (χ0n) is 12.9. The molecule has 1 unspecified atom stereocenters. The van der Waals surface area contributed by atoms with Crippen molar-refractivity contribution in [3.63, 3.8) is 0 Å². The number of urea groups is 1. The number of hydrogen-bond donors (Lipinski definition) is 4. The van der Waals surface area contributed by atoms with Crippen molar-refractivity contribution in [1.82, 2.24) is 5.32 Å². The summed E-state index contributed by atoms with van der Waals surface area (Å²) in [6.45, 7) is 5.82. The van der Waals surface area contributed by atoms with E-state index in [9.17, 15) is 9.90 Å². The molecule has 0 saturated carbocycles. The minimum Gasteiger partial charge on any atom is -0.495 e. The Morgan fingerprint density at radius 3 is 2.57 bits per heavy atom.